The molecule has 0 saturated heterocycles. The van der Waals surface area contributed by atoms with E-state index in [2.05, 4.69) is 9.71 Å². The van der Waals surface area contributed by atoms with Crippen molar-refractivity contribution in [1.29, 1.82) is 0 Å². The minimum absolute atomic E-state index is 0.172. The van der Waals surface area contributed by atoms with Gasteiger partial charge in [0, 0.05) is 24.9 Å². The predicted octanol–water partition coefficient (Wildman–Crippen LogP) is 1.06. The summed E-state index contributed by atoms with van der Waals surface area (Å²) in [4.78, 5) is 4.47. The standard InChI is InChI=1S/C14H20N4O2S/c1-11(2)17-21(19,20)13-6-4-3-5-12(13)18-10-9-16-14(18)7-8-15/h3-6,9-11,17H,7-8,15H2,1-2H3. The Labute approximate surface area is 125 Å². The lowest BCUT2D eigenvalue weighted by Gasteiger charge is -2.15. The Balaban J connectivity index is 2.54. The van der Waals surface area contributed by atoms with Gasteiger partial charge in [0.2, 0.25) is 10.0 Å². The largest absolute Gasteiger partial charge is 0.330 e. The molecule has 0 spiro atoms. The van der Waals surface area contributed by atoms with Gasteiger partial charge >= 0.3 is 0 Å². The van der Waals surface area contributed by atoms with Gasteiger partial charge in [-0.1, -0.05) is 12.1 Å². The zero-order valence-electron chi connectivity index (χ0n) is 12.2. The molecule has 2 aromatic rings. The highest BCUT2D eigenvalue weighted by Gasteiger charge is 2.21. The van der Waals surface area contributed by atoms with Crippen LogP contribution < -0.4 is 10.5 Å². The summed E-state index contributed by atoms with van der Waals surface area (Å²) in [5.74, 6) is 0.740. The van der Waals surface area contributed by atoms with Crippen LogP contribution in [0.25, 0.3) is 5.69 Å². The van der Waals surface area contributed by atoms with Crippen LogP contribution >= 0.6 is 0 Å². The van der Waals surface area contributed by atoms with Crippen LogP contribution in [0.2, 0.25) is 0 Å². The van der Waals surface area contributed by atoms with Gasteiger partial charge in [-0.15, -0.1) is 0 Å². The second kappa shape index (κ2) is 6.38. The van der Waals surface area contributed by atoms with E-state index < -0.39 is 10.0 Å². The molecular formula is C14H20N4O2S. The van der Waals surface area contributed by atoms with E-state index in [9.17, 15) is 8.42 Å². The van der Waals surface area contributed by atoms with Crippen LogP contribution in [0.5, 0.6) is 0 Å². The molecule has 3 N–H and O–H groups in total. The monoisotopic (exact) mass is 308 g/mol. The van der Waals surface area contributed by atoms with Gasteiger partial charge in [-0.25, -0.2) is 18.1 Å². The zero-order chi connectivity index (χ0) is 15.5. The second-order valence-corrected chi connectivity index (χ2v) is 6.68. The van der Waals surface area contributed by atoms with Crippen LogP contribution in [0.15, 0.2) is 41.6 Å². The fraction of sp³-hybridized carbons (Fsp3) is 0.357. The molecule has 2 rings (SSSR count). The highest BCUT2D eigenvalue weighted by molar-refractivity contribution is 7.89. The molecule has 21 heavy (non-hydrogen) atoms. The molecule has 0 atom stereocenters. The smallest absolute Gasteiger partial charge is 0.242 e. The number of aromatic nitrogens is 2. The Morgan fingerprint density at radius 1 is 1.33 bits per heavy atom. The third-order valence-electron chi connectivity index (χ3n) is 2.89. The molecule has 114 valence electrons. The van der Waals surface area contributed by atoms with E-state index in [1.54, 1.807) is 55.1 Å². The Morgan fingerprint density at radius 3 is 2.71 bits per heavy atom. The number of nitrogens with zero attached hydrogens (tertiary/aromatic N) is 2. The fourth-order valence-corrected chi connectivity index (χ4v) is 3.57. The first kappa shape index (κ1) is 15.7. The van der Waals surface area contributed by atoms with E-state index in [4.69, 9.17) is 5.73 Å². The average molecular weight is 308 g/mol. The lowest BCUT2D eigenvalue weighted by Crippen LogP contribution is -2.31. The molecule has 6 nitrogen and oxygen atoms in total. The molecule has 0 bridgehead atoms. The minimum atomic E-state index is -3.58. The maximum absolute atomic E-state index is 12.5. The summed E-state index contributed by atoms with van der Waals surface area (Å²) in [6, 6.07) is 6.69. The maximum atomic E-state index is 12.5. The molecule has 0 unspecified atom stereocenters. The van der Waals surface area contributed by atoms with E-state index in [0.29, 0.717) is 18.7 Å². The van der Waals surface area contributed by atoms with Gasteiger partial charge in [-0.05, 0) is 32.5 Å². The third kappa shape index (κ3) is 3.49. The number of hydrogen-bond acceptors (Lipinski definition) is 4. The van der Waals surface area contributed by atoms with E-state index in [1.165, 1.54) is 0 Å². The van der Waals surface area contributed by atoms with Crippen molar-refractivity contribution in [3.05, 3.63) is 42.5 Å². The summed E-state index contributed by atoms with van der Waals surface area (Å²) < 4.78 is 29.3. The van der Waals surface area contributed by atoms with Gasteiger partial charge in [-0.2, -0.15) is 0 Å². The number of imidazole rings is 1. The molecule has 0 saturated carbocycles. The topological polar surface area (TPSA) is 90.0 Å². The van der Waals surface area contributed by atoms with E-state index in [1.807, 2.05) is 0 Å². The van der Waals surface area contributed by atoms with E-state index in [0.717, 1.165) is 5.82 Å². The lowest BCUT2D eigenvalue weighted by atomic mass is 10.3. The number of benzene rings is 1. The summed E-state index contributed by atoms with van der Waals surface area (Å²) >= 11 is 0. The summed E-state index contributed by atoms with van der Waals surface area (Å²) in [6.45, 7) is 4.03. The summed E-state index contributed by atoms with van der Waals surface area (Å²) in [5.41, 5.74) is 6.15. The van der Waals surface area contributed by atoms with Crippen LogP contribution in [0.3, 0.4) is 0 Å². The van der Waals surface area contributed by atoms with Crippen molar-refractivity contribution in [3.8, 4) is 5.69 Å². The molecule has 0 amide bonds. The Kier molecular flexibility index (Phi) is 4.76. The molecule has 0 aliphatic carbocycles. The number of nitrogens with one attached hydrogen (secondary N) is 1. The Morgan fingerprint density at radius 2 is 2.05 bits per heavy atom. The Hall–Kier alpha value is -1.70. The average Bonchev–Trinajstić information content (AvgIpc) is 2.86. The molecule has 1 heterocycles. The second-order valence-electron chi connectivity index (χ2n) is 5.00. The SMILES string of the molecule is CC(C)NS(=O)(=O)c1ccccc1-n1ccnc1CCN. The van der Waals surface area contributed by atoms with E-state index in [-0.39, 0.29) is 10.9 Å². The van der Waals surface area contributed by atoms with Crippen LogP contribution in [0.1, 0.15) is 19.7 Å². The molecule has 0 aliphatic rings. The quantitative estimate of drug-likeness (QED) is 0.835. The van der Waals surface area contributed by atoms with Crippen LogP contribution in [-0.4, -0.2) is 30.6 Å². The van der Waals surface area contributed by atoms with E-state index >= 15 is 0 Å². The zero-order valence-corrected chi connectivity index (χ0v) is 13.0. The lowest BCUT2D eigenvalue weighted by molar-refractivity contribution is 0.569. The fourth-order valence-electron chi connectivity index (χ4n) is 2.12. The number of rotatable bonds is 6. The van der Waals surface area contributed by atoms with Gasteiger partial charge in [0.1, 0.15) is 10.7 Å². The maximum Gasteiger partial charge on any atom is 0.242 e. The molecule has 1 aromatic carbocycles. The van der Waals surface area contributed by atoms with Crippen molar-refractivity contribution >= 4 is 10.0 Å². The number of nitrogens with two attached hydrogens (primary N) is 1. The highest BCUT2D eigenvalue weighted by Crippen LogP contribution is 2.21. The first-order valence-corrected chi connectivity index (χ1v) is 8.28. The molecule has 7 heteroatoms. The highest BCUT2D eigenvalue weighted by atomic mass is 32.2. The van der Waals surface area contributed by atoms with Crippen LogP contribution in [-0.2, 0) is 16.4 Å². The number of para-hydroxylation sites is 1. The van der Waals surface area contributed by atoms with Gasteiger partial charge in [0.05, 0.1) is 5.69 Å². The summed E-state index contributed by atoms with van der Waals surface area (Å²) in [6.07, 6.45) is 3.97. The van der Waals surface area contributed by atoms with Crippen molar-refractivity contribution in [2.24, 2.45) is 5.73 Å². The summed E-state index contributed by atoms with van der Waals surface area (Å²) in [7, 11) is -3.58. The van der Waals surface area contributed by atoms with Crippen molar-refractivity contribution < 1.29 is 8.42 Å². The number of hydrogen-bond donors (Lipinski definition) is 2. The van der Waals surface area contributed by atoms with Gasteiger partial charge < -0.3 is 10.3 Å². The first-order valence-electron chi connectivity index (χ1n) is 6.79. The van der Waals surface area contributed by atoms with Gasteiger partial charge in [0.15, 0.2) is 0 Å². The molecule has 1 aromatic heterocycles. The van der Waals surface area contributed by atoms with Crippen LogP contribution in [0.4, 0.5) is 0 Å². The minimum Gasteiger partial charge on any atom is -0.330 e. The van der Waals surface area contributed by atoms with Gasteiger partial charge in [0.25, 0.3) is 0 Å². The molecule has 0 radical (unpaired) electrons. The van der Waals surface area contributed by atoms with Gasteiger partial charge in [-0.3, -0.25) is 0 Å². The van der Waals surface area contributed by atoms with Crippen LogP contribution in [0, 0.1) is 0 Å². The summed E-state index contributed by atoms with van der Waals surface area (Å²) in [5, 5.41) is 0. The van der Waals surface area contributed by atoms with Crippen molar-refractivity contribution in [3.63, 3.8) is 0 Å². The van der Waals surface area contributed by atoms with Crippen molar-refractivity contribution in [2.75, 3.05) is 6.54 Å². The van der Waals surface area contributed by atoms with Crippen molar-refractivity contribution in [1.82, 2.24) is 14.3 Å². The number of sulfonamides is 1. The predicted molar refractivity (Wildman–Crippen MR) is 81.8 cm³/mol. The van der Waals surface area contributed by atoms with Crippen molar-refractivity contribution in [2.45, 2.75) is 31.2 Å². The molecule has 0 aliphatic heterocycles. The Bertz CT molecular complexity index is 707. The molecular weight excluding hydrogens is 288 g/mol. The molecule has 0 fully saturated rings. The normalized spacial score (nSPS) is 12.0. The third-order valence-corrected chi connectivity index (χ3v) is 4.60. The first-order chi connectivity index (χ1) is 9.95.